The van der Waals surface area contributed by atoms with E-state index in [1.165, 1.54) is 0 Å². The van der Waals surface area contributed by atoms with Crippen LogP contribution in [-0.2, 0) is 17.8 Å². The SMILES string of the molecule is CCOc1ccc2[nH]c(=O)c(CN(CCCO)[C@@H](C)c3nnnn3C[C@@H]3CCCO3)cc2c1. The first-order valence-electron chi connectivity index (χ1n) is 11.6. The number of aliphatic hydroxyl groups is 1. The van der Waals surface area contributed by atoms with Crippen LogP contribution in [0.1, 0.15) is 50.5 Å². The van der Waals surface area contributed by atoms with Crippen LogP contribution in [0.25, 0.3) is 10.9 Å². The molecule has 1 aliphatic heterocycles. The zero-order valence-electron chi connectivity index (χ0n) is 19.2. The van der Waals surface area contributed by atoms with Gasteiger partial charge in [-0.15, -0.1) is 5.10 Å². The summed E-state index contributed by atoms with van der Waals surface area (Å²) in [6.45, 7) is 6.99. The average Bonchev–Trinajstić information content (AvgIpc) is 3.49. The molecule has 0 bridgehead atoms. The van der Waals surface area contributed by atoms with Gasteiger partial charge in [-0.25, -0.2) is 4.68 Å². The van der Waals surface area contributed by atoms with E-state index in [9.17, 15) is 9.90 Å². The second-order valence-electron chi connectivity index (χ2n) is 8.38. The molecule has 2 atom stereocenters. The van der Waals surface area contributed by atoms with Gasteiger partial charge in [0, 0.05) is 42.8 Å². The topological polar surface area (TPSA) is 118 Å². The molecule has 0 saturated carbocycles. The Morgan fingerprint density at radius 2 is 2.27 bits per heavy atom. The van der Waals surface area contributed by atoms with Crippen molar-refractivity contribution in [2.75, 3.05) is 26.4 Å². The third-order valence-corrected chi connectivity index (χ3v) is 6.06. The van der Waals surface area contributed by atoms with Crippen LogP contribution in [0.2, 0.25) is 0 Å². The maximum atomic E-state index is 12.8. The van der Waals surface area contributed by atoms with Crippen molar-refractivity contribution in [2.24, 2.45) is 0 Å². The molecule has 33 heavy (non-hydrogen) atoms. The van der Waals surface area contributed by atoms with Crippen LogP contribution in [0.3, 0.4) is 0 Å². The molecule has 0 spiro atoms. The van der Waals surface area contributed by atoms with E-state index < -0.39 is 0 Å². The predicted molar refractivity (Wildman–Crippen MR) is 123 cm³/mol. The molecule has 1 fully saturated rings. The summed E-state index contributed by atoms with van der Waals surface area (Å²) in [5.74, 6) is 1.49. The molecule has 3 heterocycles. The standard InChI is InChI=1S/C23H32N6O4/c1-3-32-19-7-8-21-17(13-19)12-18(23(31)24-21)14-28(9-5-10-30)16(2)22-25-26-27-29(22)15-20-6-4-11-33-20/h7-8,12-13,16,20,30H,3-6,9-11,14-15H2,1-2H3,(H,24,31)/t16-,20-/m0/s1. The fourth-order valence-electron chi connectivity index (χ4n) is 4.29. The number of nitrogens with one attached hydrogen (secondary N) is 1. The van der Waals surface area contributed by atoms with Gasteiger partial charge in [-0.05, 0) is 67.8 Å². The maximum absolute atomic E-state index is 12.8. The van der Waals surface area contributed by atoms with E-state index in [2.05, 4.69) is 25.4 Å². The molecule has 0 aliphatic carbocycles. The Kier molecular flexibility index (Phi) is 7.69. The van der Waals surface area contributed by atoms with Crippen molar-refractivity contribution in [3.63, 3.8) is 0 Å². The third-order valence-electron chi connectivity index (χ3n) is 6.06. The quantitative estimate of drug-likeness (QED) is 0.450. The number of H-pyrrole nitrogens is 1. The molecule has 10 nitrogen and oxygen atoms in total. The molecular formula is C23H32N6O4. The lowest BCUT2D eigenvalue weighted by molar-refractivity contribution is 0.0898. The summed E-state index contributed by atoms with van der Waals surface area (Å²) in [4.78, 5) is 17.9. The van der Waals surface area contributed by atoms with E-state index in [0.717, 1.165) is 41.9 Å². The number of fused-ring (bicyclic) bond motifs is 1. The zero-order valence-corrected chi connectivity index (χ0v) is 19.2. The van der Waals surface area contributed by atoms with Crippen molar-refractivity contribution in [1.82, 2.24) is 30.1 Å². The number of hydrogen-bond acceptors (Lipinski definition) is 8. The Morgan fingerprint density at radius 1 is 1.39 bits per heavy atom. The fourth-order valence-corrected chi connectivity index (χ4v) is 4.29. The Labute approximate surface area is 192 Å². The van der Waals surface area contributed by atoms with Gasteiger partial charge in [-0.3, -0.25) is 9.69 Å². The van der Waals surface area contributed by atoms with E-state index in [1.807, 2.05) is 38.1 Å². The van der Waals surface area contributed by atoms with Crippen LogP contribution in [0.15, 0.2) is 29.1 Å². The Morgan fingerprint density at radius 3 is 3.03 bits per heavy atom. The van der Waals surface area contributed by atoms with Crippen molar-refractivity contribution in [3.8, 4) is 5.75 Å². The van der Waals surface area contributed by atoms with Crippen molar-refractivity contribution in [1.29, 1.82) is 0 Å². The number of hydrogen-bond donors (Lipinski definition) is 2. The number of aromatic amines is 1. The summed E-state index contributed by atoms with van der Waals surface area (Å²) >= 11 is 0. The largest absolute Gasteiger partial charge is 0.494 e. The monoisotopic (exact) mass is 456 g/mol. The number of tetrazole rings is 1. The molecule has 0 radical (unpaired) electrons. The summed E-state index contributed by atoms with van der Waals surface area (Å²) in [5, 5.41) is 22.7. The van der Waals surface area contributed by atoms with Gasteiger partial charge >= 0.3 is 0 Å². The van der Waals surface area contributed by atoms with Crippen LogP contribution in [0, 0.1) is 0 Å². The van der Waals surface area contributed by atoms with Crippen LogP contribution in [0.5, 0.6) is 5.75 Å². The van der Waals surface area contributed by atoms with Gasteiger partial charge in [0.1, 0.15) is 5.75 Å². The van der Waals surface area contributed by atoms with Gasteiger partial charge in [0.2, 0.25) is 0 Å². The second kappa shape index (κ2) is 10.9. The maximum Gasteiger partial charge on any atom is 0.252 e. The van der Waals surface area contributed by atoms with E-state index in [0.29, 0.717) is 38.2 Å². The van der Waals surface area contributed by atoms with E-state index in [4.69, 9.17) is 9.47 Å². The van der Waals surface area contributed by atoms with Gasteiger partial charge in [-0.1, -0.05) is 0 Å². The van der Waals surface area contributed by atoms with Crippen molar-refractivity contribution < 1.29 is 14.6 Å². The van der Waals surface area contributed by atoms with Crippen molar-refractivity contribution in [2.45, 2.75) is 58.3 Å². The minimum absolute atomic E-state index is 0.0653. The molecule has 178 valence electrons. The van der Waals surface area contributed by atoms with E-state index >= 15 is 0 Å². The highest BCUT2D eigenvalue weighted by atomic mass is 16.5. The summed E-state index contributed by atoms with van der Waals surface area (Å²) in [6, 6.07) is 7.40. The first-order chi connectivity index (χ1) is 16.1. The second-order valence-corrected chi connectivity index (χ2v) is 8.38. The Bertz CT molecular complexity index is 1110. The highest BCUT2D eigenvalue weighted by molar-refractivity contribution is 5.80. The summed E-state index contributed by atoms with van der Waals surface area (Å²) in [6.07, 6.45) is 2.75. The highest BCUT2D eigenvalue weighted by Crippen LogP contribution is 2.24. The molecule has 3 aromatic rings. The van der Waals surface area contributed by atoms with Crippen molar-refractivity contribution in [3.05, 3.63) is 46.0 Å². The lowest BCUT2D eigenvalue weighted by Crippen LogP contribution is -2.33. The van der Waals surface area contributed by atoms with E-state index in [-0.39, 0.29) is 24.3 Å². The Balaban J connectivity index is 1.59. The normalized spacial score (nSPS) is 17.2. The van der Waals surface area contributed by atoms with Crippen LogP contribution in [-0.4, -0.2) is 67.7 Å². The lowest BCUT2D eigenvalue weighted by atomic mass is 10.1. The lowest BCUT2D eigenvalue weighted by Gasteiger charge is -2.28. The van der Waals surface area contributed by atoms with E-state index in [1.54, 1.807) is 4.68 Å². The van der Waals surface area contributed by atoms with Crippen LogP contribution >= 0.6 is 0 Å². The molecule has 1 aliphatic rings. The third kappa shape index (κ3) is 5.58. The summed E-state index contributed by atoms with van der Waals surface area (Å²) in [7, 11) is 0. The van der Waals surface area contributed by atoms with Gasteiger partial charge in [0.05, 0.1) is 25.3 Å². The van der Waals surface area contributed by atoms with Gasteiger partial charge in [0.25, 0.3) is 5.56 Å². The zero-order chi connectivity index (χ0) is 23.2. The number of aromatic nitrogens is 5. The molecular weight excluding hydrogens is 424 g/mol. The summed E-state index contributed by atoms with van der Waals surface area (Å²) in [5.41, 5.74) is 1.27. The number of nitrogens with zero attached hydrogens (tertiary/aromatic N) is 5. The molecule has 1 saturated heterocycles. The first kappa shape index (κ1) is 23.3. The average molecular weight is 457 g/mol. The Hall–Kier alpha value is -2.82. The fraction of sp³-hybridized carbons (Fsp3) is 0.565. The van der Waals surface area contributed by atoms with Gasteiger partial charge in [-0.2, -0.15) is 0 Å². The molecule has 2 aromatic heterocycles. The highest BCUT2D eigenvalue weighted by Gasteiger charge is 2.25. The predicted octanol–water partition coefficient (Wildman–Crippen LogP) is 2.04. The number of ether oxygens (including phenoxy) is 2. The number of benzene rings is 1. The van der Waals surface area contributed by atoms with Crippen LogP contribution in [0.4, 0.5) is 0 Å². The molecule has 0 unspecified atom stereocenters. The first-order valence-corrected chi connectivity index (χ1v) is 11.6. The molecule has 2 N–H and O–H groups in total. The van der Waals surface area contributed by atoms with Gasteiger partial charge < -0.3 is 19.6 Å². The van der Waals surface area contributed by atoms with Gasteiger partial charge in [0.15, 0.2) is 5.82 Å². The van der Waals surface area contributed by atoms with Crippen LogP contribution < -0.4 is 10.3 Å². The smallest absolute Gasteiger partial charge is 0.252 e. The van der Waals surface area contributed by atoms with Crippen molar-refractivity contribution >= 4 is 10.9 Å². The minimum atomic E-state index is -0.155. The number of rotatable bonds is 11. The minimum Gasteiger partial charge on any atom is -0.494 e. The number of aliphatic hydroxyl groups excluding tert-OH is 1. The molecule has 4 rings (SSSR count). The molecule has 10 heteroatoms. The number of pyridine rings is 1. The molecule has 0 amide bonds. The molecule has 1 aromatic carbocycles. The summed E-state index contributed by atoms with van der Waals surface area (Å²) < 4.78 is 13.2.